The van der Waals surface area contributed by atoms with Gasteiger partial charge in [-0.2, -0.15) is 0 Å². The van der Waals surface area contributed by atoms with Crippen LogP contribution in [0.3, 0.4) is 0 Å². The predicted octanol–water partition coefficient (Wildman–Crippen LogP) is 1.71. The van der Waals surface area contributed by atoms with Crippen LogP contribution < -0.4 is 4.74 Å². The van der Waals surface area contributed by atoms with Gasteiger partial charge in [0.2, 0.25) is 0 Å². The molecule has 2 saturated heterocycles. The van der Waals surface area contributed by atoms with Crippen LogP contribution in [0, 0.1) is 11.3 Å². The van der Waals surface area contributed by atoms with Crippen molar-refractivity contribution >= 4 is 17.2 Å². The Hall–Kier alpha value is -1.99. The van der Waals surface area contributed by atoms with Gasteiger partial charge in [0.25, 0.3) is 5.91 Å². The van der Waals surface area contributed by atoms with E-state index in [0.717, 1.165) is 5.75 Å². The number of nitrogens with zero attached hydrogens (tertiary/aromatic N) is 3. The molecule has 0 spiro atoms. The normalized spacial score (nSPS) is 26.3. The number of hydrogen-bond donors (Lipinski definition) is 0. The number of ether oxygens (including phenoxy) is 2. The van der Waals surface area contributed by atoms with Crippen LogP contribution in [0.1, 0.15) is 10.5 Å². The molecule has 0 bridgehead atoms. The molecule has 120 valence electrons. The Kier molecular flexibility index (Phi) is 3.74. The van der Waals surface area contributed by atoms with Crippen LogP contribution in [0.25, 0.3) is 0 Å². The molecule has 0 N–H and O–H groups in total. The van der Waals surface area contributed by atoms with Gasteiger partial charge in [0, 0.05) is 30.6 Å². The van der Waals surface area contributed by atoms with Crippen LogP contribution in [0.2, 0.25) is 0 Å². The minimum Gasteiger partial charge on any atom is -0.491 e. The fraction of sp³-hybridized carbons (Fsp3) is 0.438. The zero-order valence-electron chi connectivity index (χ0n) is 12.6. The number of pyridine rings is 1. The quantitative estimate of drug-likeness (QED) is 0.853. The van der Waals surface area contributed by atoms with Crippen LogP contribution >= 0.6 is 11.3 Å². The van der Waals surface area contributed by atoms with Crippen LogP contribution in [0.4, 0.5) is 0 Å². The van der Waals surface area contributed by atoms with Crippen LogP contribution in [-0.4, -0.2) is 53.7 Å². The molecule has 7 heteroatoms. The summed E-state index contributed by atoms with van der Waals surface area (Å²) in [5, 5.41) is 1.80. The Balaban J connectivity index is 1.47. The number of fused-ring (bicyclic) bond motifs is 1. The number of aromatic nitrogens is 2. The van der Waals surface area contributed by atoms with Gasteiger partial charge in [0.15, 0.2) is 0 Å². The van der Waals surface area contributed by atoms with E-state index >= 15 is 0 Å². The van der Waals surface area contributed by atoms with Gasteiger partial charge in [-0.15, -0.1) is 11.3 Å². The number of carbonyl (C=O) groups is 1. The van der Waals surface area contributed by atoms with Gasteiger partial charge in [0.05, 0.1) is 36.9 Å². The second-order valence-electron chi connectivity index (χ2n) is 6.11. The summed E-state index contributed by atoms with van der Waals surface area (Å²) in [5.41, 5.74) is 2.08. The van der Waals surface area contributed by atoms with E-state index < -0.39 is 0 Å². The third kappa shape index (κ3) is 2.70. The molecule has 0 aromatic carbocycles. The van der Waals surface area contributed by atoms with E-state index in [1.165, 1.54) is 11.3 Å². The number of hydrogen-bond acceptors (Lipinski definition) is 6. The molecule has 2 fully saturated rings. The lowest BCUT2D eigenvalue weighted by molar-refractivity contribution is 0.0655. The summed E-state index contributed by atoms with van der Waals surface area (Å²) in [6, 6.07) is 3.74. The zero-order valence-corrected chi connectivity index (χ0v) is 13.4. The molecule has 4 heterocycles. The maximum atomic E-state index is 12.5. The largest absolute Gasteiger partial charge is 0.491 e. The molecule has 0 unspecified atom stereocenters. The Labute approximate surface area is 138 Å². The molecule has 2 atom stereocenters. The average molecular weight is 331 g/mol. The highest BCUT2D eigenvalue weighted by molar-refractivity contribution is 7.07. The SMILES string of the molecule is O=C(c1cscn1)N1C[C@@H]2COC[C@]2(COc2cccnc2)C1. The van der Waals surface area contributed by atoms with Crippen molar-refractivity contribution in [3.8, 4) is 5.75 Å². The molecule has 2 aromatic heterocycles. The van der Waals surface area contributed by atoms with E-state index in [1.54, 1.807) is 23.3 Å². The van der Waals surface area contributed by atoms with Crippen molar-refractivity contribution in [1.82, 2.24) is 14.9 Å². The summed E-state index contributed by atoms with van der Waals surface area (Å²) < 4.78 is 11.6. The van der Waals surface area contributed by atoms with E-state index in [-0.39, 0.29) is 11.3 Å². The molecular formula is C16H17N3O3S. The van der Waals surface area contributed by atoms with E-state index in [0.29, 0.717) is 44.5 Å². The Morgan fingerprint density at radius 2 is 2.52 bits per heavy atom. The topological polar surface area (TPSA) is 64.6 Å². The van der Waals surface area contributed by atoms with Gasteiger partial charge >= 0.3 is 0 Å². The molecule has 0 saturated carbocycles. The Bertz CT molecular complexity index is 679. The Morgan fingerprint density at radius 3 is 3.30 bits per heavy atom. The summed E-state index contributed by atoms with van der Waals surface area (Å²) in [5.74, 6) is 1.06. The van der Waals surface area contributed by atoms with Gasteiger partial charge in [-0.3, -0.25) is 9.78 Å². The molecule has 2 aliphatic heterocycles. The van der Waals surface area contributed by atoms with Crippen LogP contribution in [-0.2, 0) is 4.74 Å². The molecule has 23 heavy (non-hydrogen) atoms. The maximum absolute atomic E-state index is 12.5. The first-order valence-electron chi connectivity index (χ1n) is 7.55. The van der Waals surface area contributed by atoms with E-state index in [4.69, 9.17) is 9.47 Å². The molecular weight excluding hydrogens is 314 g/mol. The monoisotopic (exact) mass is 331 g/mol. The third-order valence-corrected chi connectivity index (χ3v) is 5.21. The first kappa shape index (κ1) is 14.6. The molecule has 0 radical (unpaired) electrons. The van der Waals surface area contributed by atoms with Gasteiger partial charge < -0.3 is 14.4 Å². The van der Waals surface area contributed by atoms with Crippen molar-refractivity contribution in [2.45, 2.75) is 0 Å². The van der Waals surface area contributed by atoms with Crippen molar-refractivity contribution < 1.29 is 14.3 Å². The summed E-state index contributed by atoms with van der Waals surface area (Å²) in [7, 11) is 0. The highest BCUT2D eigenvalue weighted by Gasteiger charge is 2.52. The van der Waals surface area contributed by atoms with Gasteiger partial charge in [0.1, 0.15) is 11.4 Å². The summed E-state index contributed by atoms with van der Waals surface area (Å²) in [6.45, 7) is 3.18. The van der Waals surface area contributed by atoms with Crippen molar-refractivity contribution in [2.75, 3.05) is 32.9 Å². The van der Waals surface area contributed by atoms with Crippen molar-refractivity contribution in [3.05, 3.63) is 41.1 Å². The minimum atomic E-state index is -0.137. The number of rotatable bonds is 4. The second-order valence-corrected chi connectivity index (χ2v) is 6.83. The molecule has 2 aliphatic rings. The van der Waals surface area contributed by atoms with Gasteiger partial charge in [-0.25, -0.2) is 4.98 Å². The highest BCUT2D eigenvalue weighted by Crippen LogP contribution is 2.42. The lowest BCUT2D eigenvalue weighted by Gasteiger charge is -2.26. The minimum absolute atomic E-state index is 0.00130. The van der Waals surface area contributed by atoms with E-state index in [1.807, 2.05) is 17.0 Å². The van der Waals surface area contributed by atoms with Gasteiger partial charge in [-0.1, -0.05) is 0 Å². The molecule has 2 aromatic rings. The fourth-order valence-electron chi connectivity index (χ4n) is 3.33. The number of carbonyl (C=O) groups excluding carboxylic acids is 1. The smallest absolute Gasteiger partial charge is 0.273 e. The summed E-state index contributed by atoms with van der Waals surface area (Å²) >= 11 is 1.44. The summed E-state index contributed by atoms with van der Waals surface area (Å²) in [6.07, 6.45) is 3.42. The van der Waals surface area contributed by atoms with E-state index in [9.17, 15) is 4.79 Å². The number of amides is 1. The molecule has 1 amide bonds. The van der Waals surface area contributed by atoms with Crippen LogP contribution in [0.5, 0.6) is 5.75 Å². The van der Waals surface area contributed by atoms with E-state index in [2.05, 4.69) is 9.97 Å². The average Bonchev–Trinajstić information content (AvgIpc) is 3.29. The second kappa shape index (κ2) is 5.90. The zero-order chi connectivity index (χ0) is 15.7. The molecule has 4 rings (SSSR count). The third-order valence-electron chi connectivity index (χ3n) is 4.62. The standard InChI is InChI=1S/C16H17N3O3S/c20-15(14-7-23-11-18-14)19-5-12-6-21-9-16(12,8-19)10-22-13-2-1-3-17-4-13/h1-4,7,11-12H,5-6,8-10H2/t12-,16+/m1/s1. The lowest BCUT2D eigenvalue weighted by atomic mass is 9.82. The predicted molar refractivity (Wildman–Crippen MR) is 84.5 cm³/mol. The molecule has 0 aliphatic carbocycles. The fourth-order valence-corrected chi connectivity index (χ4v) is 3.86. The first-order chi connectivity index (χ1) is 11.3. The summed E-state index contributed by atoms with van der Waals surface area (Å²) in [4.78, 5) is 22.6. The van der Waals surface area contributed by atoms with Crippen molar-refractivity contribution in [3.63, 3.8) is 0 Å². The van der Waals surface area contributed by atoms with Crippen molar-refractivity contribution in [2.24, 2.45) is 11.3 Å². The molecule has 6 nitrogen and oxygen atoms in total. The van der Waals surface area contributed by atoms with Crippen LogP contribution in [0.15, 0.2) is 35.4 Å². The first-order valence-corrected chi connectivity index (χ1v) is 8.49. The lowest BCUT2D eigenvalue weighted by Crippen LogP contribution is -2.38. The maximum Gasteiger partial charge on any atom is 0.273 e. The highest BCUT2D eigenvalue weighted by atomic mass is 32.1. The van der Waals surface area contributed by atoms with Gasteiger partial charge in [-0.05, 0) is 12.1 Å². The number of likely N-dealkylation sites (tertiary alicyclic amines) is 1. The Morgan fingerprint density at radius 1 is 1.57 bits per heavy atom. The van der Waals surface area contributed by atoms with Crippen molar-refractivity contribution in [1.29, 1.82) is 0 Å². The number of thiazole rings is 1.